The standard InChI is InChI=1S/C25H31F4N5O2/c1-15(16-7-6-8-18(20(16)26)25(27,28)29)30-22(35)17-13-19(32-34-14-23(2,3)31-21(17)34)33-11-9-24(4,36-5)10-12-33/h6-8,13,15H,9-12,14H2,1-5H3,(H,30,35)/t15-/m1/s1. The summed E-state index contributed by atoms with van der Waals surface area (Å²) in [5.74, 6) is -0.968. The first-order valence-electron chi connectivity index (χ1n) is 11.9. The zero-order chi connectivity index (χ0) is 26.5. The molecular formula is C25H31F4N5O2. The molecule has 1 aromatic carbocycles. The Kier molecular flexibility index (Phi) is 6.65. The molecule has 1 atom stereocenters. The number of hydrazone groups is 1. The number of hydrogen-bond donors (Lipinski definition) is 1. The first kappa shape index (κ1) is 26.1. The number of nitrogens with zero attached hydrogens (tertiary/aromatic N) is 4. The molecular weight excluding hydrogens is 478 g/mol. The van der Waals surface area contributed by atoms with E-state index in [0.717, 1.165) is 18.9 Å². The quantitative estimate of drug-likeness (QED) is 0.616. The van der Waals surface area contributed by atoms with E-state index in [-0.39, 0.29) is 16.7 Å². The van der Waals surface area contributed by atoms with E-state index < -0.39 is 35.0 Å². The number of amidine groups is 2. The zero-order valence-corrected chi connectivity index (χ0v) is 21.0. The van der Waals surface area contributed by atoms with E-state index in [1.165, 1.54) is 13.0 Å². The largest absolute Gasteiger partial charge is 0.419 e. The fourth-order valence-electron chi connectivity index (χ4n) is 4.64. The minimum atomic E-state index is -4.83. The fraction of sp³-hybridized carbons (Fsp3) is 0.560. The predicted octanol–water partition coefficient (Wildman–Crippen LogP) is 4.27. The molecule has 0 aliphatic carbocycles. The van der Waals surface area contributed by atoms with Gasteiger partial charge < -0.3 is 15.0 Å². The molecule has 196 valence electrons. The minimum Gasteiger partial charge on any atom is -0.378 e. The Morgan fingerprint density at radius 2 is 1.86 bits per heavy atom. The summed E-state index contributed by atoms with van der Waals surface area (Å²) < 4.78 is 59.8. The average Bonchev–Trinajstić information content (AvgIpc) is 3.11. The van der Waals surface area contributed by atoms with Crippen LogP contribution in [0.1, 0.15) is 57.7 Å². The highest BCUT2D eigenvalue weighted by Gasteiger charge is 2.40. The SMILES string of the molecule is COC1(C)CCN(C2=NN3CC(C)(C)N=C3C(C(=O)N[C@H](C)c3cccc(C(F)(F)F)c3F)=C2)CC1. The second-order valence-electron chi connectivity index (χ2n) is 10.4. The number of amides is 1. The molecule has 11 heteroatoms. The van der Waals surface area contributed by atoms with Crippen molar-refractivity contribution < 1.29 is 27.1 Å². The summed E-state index contributed by atoms with van der Waals surface area (Å²) in [6, 6.07) is 2.04. The van der Waals surface area contributed by atoms with Crippen LogP contribution in [0.4, 0.5) is 17.6 Å². The minimum absolute atomic E-state index is 0.220. The smallest absolute Gasteiger partial charge is 0.378 e. The van der Waals surface area contributed by atoms with Crippen molar-refractivity contribution in [2.24, 2.45) is 10.1 Å². The lowest BCUT2D eigenvalue weighted by Gasteiger charge is -2.40. The van der Waals surface area contributed by atoms with E-state index in [2.05, 4.69) is 22.1 Å². The third-order valence-electron chi connectivity index (χ3n) is 6.96. The van der Waals surface area contributed by atoms with Crippen LogP contribution >= 0.6 is 0 Å². The Morgan fingerprint density at radius 3 is 2.47 bits per heavy atom. The van der Waals surface area contributed by atoms with E-state index in [0.29, 0.717) is 37.4 Å². The zero-order valence-electron chi connectivity index (χ0n) is 21.0. The van der Waals surface area contributed by atoms with Gasteiger partial charge in [-0.2, -0.15) is 18.3 Å². The maximum absolute atomic E-state index is 14.7. The molecule has 1 saturated heterocycles. The van der Waals surface area contributed by atoms with Gasteiger partial charge in [-0.3, -0.25) is 9.79 Å². The van der Waals surface area contributed by atoms with Gasteiger partial charge in [0.15, 0.2) is 5.84 Å². The second kappa shape index (κ2) is 9.17. The first-order chi connectivity index (χ1) is 16.7. The first-order valence-corrected chi connectivity index (χ1v) is 11.9. The van der Waals surface area contributed by atoms with Crippen LogP contribution in [0.15, 0.2) is 39.9 Å². The van der Waals surface area contributed by atoms with Crippen LogP contribution < -0.4 is 5.32 Å². The molecule has 0 spiro atoms. The van der Waals surface area contributed by atoms with Crippen molar-refractivity contribution in [3.8, 4) is 0 Å². The molecule has 3 aliphatic rings. The third-order valence-corrected chi connectivity index (χ3v) is 6.96. The normalized spacial score (nSPS) is 21.9. The number of alkyl halides is 3. The molecule has 3 aliphatic heterocycles. The van der Waals surface area contributed by atoms with Crippen LogP contribution in [-0.4, -0.2) is 65.4 Å². The monoisotopic (exact) mass is 509 g/mol. The van der Waals surface area contributed by atoms with Crippen molar-refractivity contribution in [1.29, 1.82) is 0 Å². The highest BCUT2D eigenvalue weighted by molar-refractivity contribution is 6.25. The van der Waals surface area contributed by atoms with Gasteiger partial charge in [-0.1, -0.05) is 12.1 Å². The van der Waals surface area contributed by atoms with Crippen molar-refractivity contribution in [2.45, 2.75) is 63.9 Å². The molecule has 0 bridgehead atoms. The molecule has 1 aromatic rings. The summed E-state index contributed by atoms with van der Waals surface area (Å²) in [5.41, 5.74) is -2.08. The van der Waals surface area contributed by atoms with Gasteiger partial charge in [0.1, 0.15) is 11.7 Å². The van der Waals surface area contributed by atoms with Gasteiger partial charge in [-0.15, -0.1) is 0 Å². The Morgan fingerprint density at radius 1 is 1.19 bits per heavy atom. The number of aliphatic imine (C=N–C) groups is 1. The number of halogens is 4. The van der Waals surface area contributed by atoms with E-state index in [9.17, 15) is 22.4 Å². The second-order valence-corrected chi connectivity index (χ2v) is 10.4. The topological polar surface area (TPSA) is 69.5 Å². The van der Waals surface area contributed by atoms with Gasteiger partial charge in [-0.05, 0) is 52.7 Å². The number of methoxy groups -OCH3 is 1. The lowest BCUT2D eigenvalue weighted by atomic mass is 9.93. The number of ether oxygens (including phenoxy) is 1. The number of rotatable bonds is 4. The number of nitrogens with one attached hydrogen (secondary N) is 1. The summed E-state index contributed by atoms with van der Waals surface area (Å²) in [4.78, 5) is 20.1. The Bertz CT molecular complexity index is 1130. The average molecular weight is 510 g/mol. The number of carbonyl (C=O) groups is 1. The summed E-state index contributed by atoms with van der Waals surface area (Å²) in [6.45, 7) is 9.20. The molecule has 0 aromatic heterocycles. The van der Waals surface area contributed by atoms with Crippen LogP contribution in [0.5, 0.6) is 0 Å². The lowest BCUT2D eigenvalue weighted by Crippen LogP contribution is -2.48. The molecule has 3 heterocycles. The maximum atomic E-state index is 14.7. The number of piperidine rings is 1. The molecule has 0 radical (unpaired) electrons. The van der Waals surface area contributed by atoms with Crippen LogP contribution in [0, 0.1) is 5.82 Å². The van der Waals surface area contributed by atoms with Crippen molar-refractivity contribution >= 4 is 17.6 Å². The number of benzene rings is 1. The molecule has 0 saturated carbocycles. The van der Waals surface area contributed by atoms with Crippen LogP contribution in [0.25, 0.3) is 0 Å². The van der Waals surface area contributed by atoms with Crippen molar-refractivity contribution in [2.75, 3.05) is 26.7 Å². The number of fused-ring (bicyclic) bond motifs is 1. The molecule has 0 unspecified atom stereocenters. The molecule has 1 fully saturated rings. The van der Waals surface area contributed by atoms with Crippen molar-refractivity contribution in [3.05, 3.63) is 46.8 Å². The number of hydrogen-bond acceptors (Lipinski definition) is 6. The molecule has 1 N–H and O–H groups in total. The molecule has 36 heavy (non-hydrogen) atoms. The maximum Gasteiger partial charge on any atom is 0.419 e. The van der Waals surface area contributed by atoms with Crippen LogP contribution in [0.2, 0.25) is 0 Å². The van der Waals surface area contributed by atoms with Crippen LogP contribution in [0.3, 0.4) is 0 Å². The van der Waals surface area contributed by atoms with Gasteiger partial charge in [0.2, 0.25) is 0 Å². The summed E-state index contributed by atoms with van der Waals surface area (Å²) in [7, 11) is 1.69. The van der Waals surface area contributed by atoms with E-state index >= 15 is 0 Å². The van der Waals surface area contributed by atoms with Gasteiger partial charge >= 0.3 is 6.18 Å². The highest BCUT2D eigenvalue weighted by atomic mass is 19.4. The number of likely N-dealkylation sites (tertiary alicyclic amines) is 1. The molecule has 1 amide bonds. The Hall–Kier alpha value is -2.95. The molecule has 7 nitrogen and oxygen atoms in total. The highest BCUT2D eigenvalue weighted by Crippen LogP contribution is 2.34. The third kappa shape index (κ3) is 5.11. The molecule has 4 rings (SSSR count). The van der Waals surface area contributed by atoms with E-state index in [4.69, 9.17) is 9.84 Å². The van der Waals surface area contributed by atoms with Crippen molar-refractivity contribution in [1.82, 2.24) is 15.2 Å². The lowest BCUT2D eigenvalue weighted by molar-refractivity contribution is -0.140. The van der Waals surface area contributed by atoms with Gasteiger partial charge in [0.25, 0.3) is 5.91 Å². The van der Waals surface area contributed by atoms with Gasteiger partial charge in [0, 0.05) is 25.8 Å². The fourth-order valence-corrected chi connectivity index (χ4v) is 4.64. The van der Waals surface area contributed by atoms with Gasteiger partial charge in [0.05, 0.1) is 34.9 Å². The Balaban J connectivity index is 1.60. The Labute approximate surface area is 207 Å². The van der Waals surface area contributed by atoms with Crippen molar-refractivity contribution in [3.63, 3.8) is 0 Å². The van der Waals surface area contributed by atoms with Gasteiger partial charge in [-0.25, -0.2) is 9.40 Å². The summed E-state index contributed by atoms with van der Waals surface area (Å²) >= 11 is 0. The summed E-state index contributed by atoms with van der Waals surface area (Å²) in [5, 5.41) is 9.06. The van der Waals surface area contributed by atoms with E-state index in [1.54, 1.807) is 18.2 Å². The number of carbonyl (C=O) groups excluding carboxylic acids is 1. The summed E-state index contributed by atoms with van der Waals surface area (Å²) in [6.07, 6.45) is -1.61. The van der Waals surface area contributed by atoms with E-state index in [1.807, 2.05) is 13.8 Å². The predicted molar refractivity (Wildman–Crippen MR) is 128 cm³/mol. The van der Waals surface area contributed by atoms with Crippen LogP contribution in [-0.2, 0) is 15.7 Å².